The van der Waals surface area contributed by atoms with Crippen molar-refractivity contribution in [2.75, 3.05) is 26.7 Å². The van der Waals surface area contributed by atoms with Crippen molar-refractivity contribution < 1.29 is 19.1 Å². The number of hydrogen-bond acceptors (Lipinski definition) is 5. The quantitative estimate of drug-likeness (QED) is 0.359. The largest absolute Gasteiger partial charge is 0.468 e. The van der Waals surface area contributed by atoms with Crippen molar-refractivity contribution >= 4 is 35.0 Å². The molecule has 8 heteroatoms. The number of carbonyl (C=O) groups is 3. The second kappa shape index (κ2) is 8.40. The first-order valence-electron chi connectivity index (χ1n) is 5.34. The normalized spacial score (nSPS) is 9.44. The van der Waals surface area contributed by atoms with Crippen LogP contribution in [0.15, 0.2) is 0 Å². The molecule has 3 N–H and O–H groups in total. The van der Waals surface area contributed by atoms with Crippen LogP contribution < -0.4 is 11.1 Å². The number of methoxy groups -OCH3 is 1. The summed E-state index contributed by atoms with van der Waals surface area (Å²) in [5.74, 6) is -2.24. The van der Waals surface area contributed by atoms with Gasteiger partial charge in [0.15, 0.2) is 0 Å². The van der Waals surface area contributed by atoms with Crippen LogP contribution in [0.1, 0.15) is 13.3 Å². The molecule has 0 aromatic heterocycles. The molecule has 0 aromatic rings. The van der Waals surface area contributed by atoms with Crippen LogP contribution in [0.5, 0.6) is 0 Å². The van der Waals surface area contributed by atoms with Crippen molar-refractivity contribution in [1.82, 2.24) is 10.2 Å². The molecule has 0 aromatic carbocycles. The number of rotatable bonds is 6. The third-order valence-electron chi connectivity index (χ3n) is 1.95. The molecule has 0 unspecified atom stereocenters. The summed E-state index contributed by atoms with van der Waals surface area (Å²) in [4.78, 5) is 35.5. The Bertz CT molecular complexity index is 346. The van der Waals surface area contributed by atoms with Gasteiger partial charge in [-0.15, -0.1) is 0 Å². The van der Waals surface area contributed by atoms with E-state index in [0.717, 1.165) is 4.90 Å². The lowest BCUT2D eigenvalue weighted by Gasteiger charge is -2.19. The van der Waals surface area contributed by atoms with Gasteiger partial charge in [0.25, 0.3) is 0 Å². The van der Waals surface area contributed by atoms with Crippen LogP contribution in [0.3, 0.4) is 0 Å². The van der Waals surface area contributed by atoms with E-state index in [9.17, 15) is 14.4 Å². The highest BCUT2D eigenvalue weighted by atomic mass is 32.1. The standard InChI is InChI=1S/C10H17N3O4S/c1-3-4-13(6-8(14)17-2)10(16)9(15)12-5-7(11)18/h3-6H2,1-2H3,(H2,11,18)(H,12,15). The monoisotopic (exact) mass is 275 g/mol. The van der Waals surface area contributed by atoms with E-state index >= 15 is 0 Å². The lowest BCUT2D eigenvalue weighted by Crippen LogP contribution is -2.47. The van der Waals surface area contributed by atoms with E-state index < -0.39 is 17.8 Å². The molecular weight excluding hydrogens is 258 g/mol. The molecule has 0 bridgehead atoms. The number of nitrogens with one attached hydrogen (secondary N) is 1. The van der Waals surface area contributed by atoms with Gasteiger partial charge < -0.3 is 20.7 Å². The molecule has 0 fully saturated rings. The van der Waals surface area contributed by atoms with Gasteiger partial charge in [-0.1, -0.05) is 19.1 Å². The Morgan fingerprint density at radius 1 is 1.39 bits per heavy atom. The van der Waals surface area contributed by atoms with Crippen molar-refractivity contribution in [3.05, 3.63) is 0 Å². The van der Waals surface area contributed by atoms with E-state index in [1.807, 2.05) is 6.92 Å². The topological polar surface area (TPSA) is 102 Å². The van der Waals surface area contributed by atoms with E-state index in [-0.39, 0.29) is 24.6 Å². The Labute approximate surface area is 111 Å². The maximum atomic E-state index is 11.7. The highest BCUT2D eigenvalue weighted by molar-refractivity contribution is 7.80. The van der Waals surface area contributed by atoms with Crippen LogP contribution in [0.4, 0.5) is 0 Å². The highest BCUT2D eigenvalue weighted by Crippen LogP contribution is 1.94. The van der Waals surface area contributed by atoms with Crippen LogP contribution in [-0.2, 0) is 19.1 Å². The van der Waals surface area contributed by atoms with Crippen molar-refractivity contribution in [2.45, 2.75) is 13.3 Å². The van der Waals surface area contributed by atoms with E-state index in [4.69, 9.17) is 5.73 Å². The summed E-state index contributed by atoms with van der Waals surface area (Å²) in [7, 11) is 1.21. The van der Waals surface area contributed by atoms with Crippen LogP contribution in [-0.4, -0.2) is 54.4 Å². The summed E-state index contributed by atoms with van der Waals surface area (Å²) in [6.45, 7) is 1.79. The minimum Gasteiger partial charge on any atom is -0.468 e. The Hall–Kier alpha value is -1.70. The first kappa shape index (κ1) is 16.3. The average molecular weight is 275 g/mol. The van der Waals surface area contributed by atoms with Gasteiger partial charge in [-0.05, 0) is 6.42 Å². The van der Waals surface area contributed by atoms with Crippen LogP contribution >= 0.6 is 12.2 Å². The number of ether oxygens (including phenoxy) is 1. The number of esters is 1. The maximum absolute atomic E-state index is 11.7. The van der Waals surface area contributed by atoms with Crippen LogP contribution in [0.2, 0.25) is 0 Å². The van der Waals surface area contributed by atoms with Gasteiger partial charge in [0.2, 0.25) is 0 Å². The zero-order valence-electron chi connectivity index (χ0n) is 10.4. The third-order valence-corrected chi connectivity index (χ3v) is 2.09. The molecule has 0 saturated heterocycles. The van der Waals surface area contributed by atoms with E-state index in [0.29, 0.717) is 6.42 Å². The van der Waals surface area contributed by atoms with E-state index in [2.05, 4.69) is 22.3 Å². The molecule has 0 saturated carbocycles. The molecule has 0 aliphatic carbocycles. The fraction of sp³-hybridized carbons (Fsp3) is 0.600. The summed E-state index contributed by atoms with van der Waals surface area (Å²) in [6, 6.07) is 0. The SMILES string of the molecule is CCCN(CC(=O)OC)C(=O)C(=O)NCC(N)=S. The molecule has 0 aliphatic rings. The summed E-state index contributed by atoms with van der Waals surface area (Å²) in [5, 5.41) is 2.26. The summed E-state index contributed by atoms with van der Waals surface area (Å²) >= 11 is 4.57. The first-order chi connectivity index (χ1) is 8.42. The zero-order valence-corrected chi connectivity index (χ0v) is 11.2. The molecule has 7 nitrogen and oxygen atoms in total. The molecule has 0 heterocycles. The fourth-order valence-corrected chi connectivity index (χ4v) is 1.20. The van der Waals surface area contributed by atoms with Gasteiger partial charge in [0, 0.05) is 6.54 Å². The van der Waals surface area contributed by atoms with Crippen LogP contribution in [0.25, 0.3) is 0 Å². The summed E-state index contributed by atoms with van der Waals surface area (Å²) in [5.41, 5.74) is 5.20. The molecule has 2 amide bonds. The summed E-state index contributed by atoms with van der Waals surface area (Å²) in [6.07, 6.45) is 0.616. The molecule has 0 aliphatic heterocycles. The molecular formula is C10H17N3O4S. The molecule has 0 spiro atoms. The first-order valence-corrected chi connectivity index (χ1v) is 5.75. The number of hydrogen-bond donors (Lipinski definition) is 2. The molecule has 0 radical (unpaired) electrons. The van der Waals surface area contributed by atoms with Crippen molar-refractivity contribution in [1.29, 1.82) is 0 Å². The Morgan fingerprint density at radius 3 is 2.44 bits per heavy atom. The predicted octanol–water partition coefficient (Wildman–Crippen LogP) is -1.20. The van der Waals surface area contributed by atoms with Gasteiger partial charge in [-0.25, -0.2) is 0 Å². The molecule has 18 heavy (non-hydrogen) atoms. The number of amides is 2. The van der Waals surface area contributed by atoms with Gasteiger partial charge in [-0.2, -0.15) is 0 Å². The lowest BCUT2D eigenvalue weighted by molar-refractivity contribution is -0.151. The Kier molecular flexibility index (Phi) is 7.61. The van der Waals surface area contributed by atoms with Crippen molar-refractivity contribution in [2.24, 2.45) is 5.73 Å². The average Bonchev–Trinajstić information content (AvgIpc) is 2.34. The fourth-order valence-electron chi connectivity index (χ4n) is 1.13. The van der Waals surface area contributed by atoms with Crippen molar-refractivity contribution in [3.8, 4) is 0 Å². The lowest BCUT2D eigenvalue weighted by atomic mass is 10.3. The second-order valence-corrected chi connectivity index (χ2v) is 3.98. The van der Waals surface area contributed by atoms with Gasteiger partial charge >= 0.3 is 17.8 Å². The van der Waals surface area contributed by atoms with Gasteiger partial charge in [0.05, 0.1) is 18.6 Å². The number of nitrogens with zero attached hydrogens (tertiary/aromatic N) is 1. The van der Waals surface area contributed by atoms with E-state index in [1.54, 1.807) is 0 Å². The van der Waals surface area contributed by atoms with Gasteiger partial charge in [0.1, 0.15) is 6.54 Å². The van der Waals surface area contributed by atoms with Gasteiger partial charge in [-0.3, -0.25) is 14.4 Å². The predicted molar refractivity (Wildman–Crippen MR) is 68.7 cm³/mol. The Morgan fingerprint density at radius 2 is 2.00 bits per heavy atom. The highest BCUT2D eigenvalue weighted by Gasteiger charge is 2.23. The Balaban J connectivity index is 4.49. The minimum absolute atomic E-state index is 0.0574. The minimum atomic E-state index is -0.847. The van der Waals surface area contributed by atoms with Crippen LogP contribution in [0, 0.1) is 0 Å². The van der Waals surface area contributed by atoms with Crippen molar-refractivity contribution in [3.63, 3.8) is 0 Å². The number of carbonyl (C=O) groups excluding carboxylic acids is 3. The molecule has 0 rings (SSSR count). The molecule has 0 atom stereocenters. The third kappa shape index (κ3) is 6.14. The smallest absolute Gasteiger partial charge is 0.325 e. The zero-order chi connectivity index (χ0) is 14.1. The molecule has 102 valence electrons. The maximum Gasteiger partial charge on any atom is 0.325 e. The number of thiocarbonyl (C=S) groups is 1. The van der Waals surface area contributed by atoms with E-state index in [1.165, 1.54) is 7.11 Å². The number of nitrogens with two attached hydrogens (primary N) is 1. The second-order valence-electron chi connectivity index (χ2n) is 3.45. The summed E-state index contributed by atoms with van der Waals surface area (Å²) < 4.78 is 4.45.